The summed E-state index contributed by atoms with van der Waals surface area (Å²) in [5.74, 6) is 0.791. The number of carboxylic acid groups (broad SMARTS) is 1. The van der Waals surface area contributed by atoms with E-state index in [1.54, 1.807) is 6.07 Å². The molecule has 0 aliphatic heterocycles. The predicted octanol–water partition coefficient (Wildman–Crippen LogP) is 2.71. The number of anilines is 1. The van der Waals surface area contributed by atoms with E-state index in [-0.39, 0.29) is 5.56 Å². The van der Waals surface area contributed by atoms with Gasteiger partial charge in [0.25, 0.3) is 0 Å². The van der Waals surface area contributed by atoms with Gasteiger partial charge in [-0.1, -0.05) is 6.42 Å². The summed E-state index contributed by atoms with van der Waals surface area (Å²) in [7, 11) is 0. The molecule has 1 heterocycles. The number of nitrogens with zero attached hydrogens (tertiary/aromatic N) is 2. The van der Waals surface area contributed by atoms with Gasteiger partial charge in [-0.2, -0.15) is 0 Å². The lowest BCUT2D eigenvalue weighted by molar-refractivity contribution is 0.0696. The van der Waals surface area contributed by atoms with Crippen molar-refractivity contribution in [1.29, 1.82) is 0 Å². The molecule has 2 rings (SSSR count). The fraction of sp³-hybridized carbons (Fsp3) is 0.571. The van der Waals surface area contributed by atoms with Gasteiger partial charge in [-0.25, -0.2) is 9.78 Å². The molecule has 1 saturated carbocycles. The molecule has 1 aromatic rings. The van der Waals surface area contributed by atoms with Gasteiger partial charge in [0.2, 0.25) is 0 Å². The molecule has 4 heteroatoms. The van der Waals surface area contributed by atoms with Crippen LogP contribution < -0.4 is 4.90 Å². The second kappa shape index (κ2) is 5.38. The molecule has 0 saturated heterocycles. The van der Waals surface area contributed by atoms with Crippen LogP contribution in [-0.4, -0.2) is 29.1 Å². The van der Waals surface area contributed by atoms with E-state index in [1.165, 1.54) is 25.5 Å². The number of hydrogen-bond donors (Lipinski definition) is 1. The van der Waals surface area contributed by atoms with Crippen LogP contribution in [0.15, 0.2) is 12.3 Å². The van der Waals surface area contributed by atoms with Crippen molar-refractivity contribution in [2.75, 3.05) is 18.0 Å². The van der Waals surface area contributed by atoms with E-state index in [1.807, 2.05) is 6.92 Å². The van der Waals surface area contributed by atoms with Crippen LogP contribution in [0.5, 0.6) is 0 Å². The zero-order chi connectivity index (χ0) is 13.1. The van der Waals surface area contributed by atoms with E-state index in [2.05, 4.69) is 16.8 Å². The van der Waals surface area contributed by atoms with Crippen LogP contribution in [0.1, 0.15) is 42.1 Å². The minimum atomic E-state index is -0.917. The Labute approximate surface area is 108 Å². The predicted molar refractivity (Wildman–Crippen MR) is 71.2 cm³/mol. The Morgan fingerprint density at radius 3 is 2.72 bits per heavy atom. The van der Waals surface area contributed by atoms with Crippen LogP contribution in [-0.2, 0) is 0 Å². The van der Waals surface area contributed by atoms with Crippen LogP contribution in [0.4, 0.5) is 5.82 Å². The molecule has 0 atom stereocenters. The number of aromatic nitrogens is 1. The average Bonchev–Trinajstić information content (AvgIpc) is 2.29. The summed E-state index contributed by atoms with van der Waals surface area (Å²) in [6.45, 7) is 6.00. The zero-order valence-electron chi connectivity index (χ0n) is 11.0. The highest BCUT2D eigenvalue weighted by molar-refractivity contribution is 5.87. The first-order valence-electron chi connectivity index (χ1n) is 6.56. The summed E-state index contributed by atoms with van der Waals surface area (Å²) in [4.78, 5) is 17.5. The number of carbonyl (C=O) groups is 1. The van der Waals surface area contributed by atoms with E-state index in [0.717, 1.165) is 30.4 Å². The molecular weight excluding hydrogens is 228 g/mol. The normalized spacial score (nSPS) is 15.2. The maximum Gasteiger partial charge on any atom is 0.337 e. The van der Waals surface area contributed by atoms with Crippen molar-refractivity contribution in [2.24, 2.45) is 5.92 Å². The fourth-order valence-corrected chi connectivity index (χ4v) is 2.37. The smallest absolute Gasteiger partial charge is 0.337 e. The van der Waals surface area contributed by atoms with Gasteiger partial charge in [0, 0.05) is 19.3 Å². The van der Waals surface area contributed by atoms with E-state index in [9.17, 15) is 4.79 Å². The van der Waals surface area contributed by atoms with Gasteiger partial charge >= 0.3 is 5.97 Å². The molecule has 1 fully saturated rings. The van der Waals surface area contributed by atoms with Gasteiger partial charge in [0.15, 0.2) is 0 Å². The lowest BCUT2D eigenvalue weighted by atomic mass is 9.85. The summed E-state index contributed by atoms with van der Waals surface area (Å²) >= 11 is 0. The number of aromatic carboxylic acids is 1. The van der Waals surface area contributed by atoms with Gasteiger partial charge < -0.3 is 10.0 Å². The van der Waals surface area contributed by atoms with Crippen molar-refractivity contribution < 1.29 is 9.90 Å². The molecule has 0 spiro atoms. The SMILES string of the molecule is CCN(CC1CCC1)c1ncc(C(=O)O)cc1C. The van der Waals surface area contributed by atoms with E-state index >= 15 is 0 Å². The monoisotopic (exact) mass is 248 g/mol. The third-order valence-electron chi connectivity index (χ3n) is 3.68. The third-order valence-corrected chi connectivity index (χ3v) is 3.68. The van der Waals surface area contributed by atoms with Crippen molar-refractivity contribution in [1.82, 2.24) is 4.98 Å². The molecule has 18 heavy (non-hydrogen) atoms. The third kappa shape index (κ3) is 2.63. The molecule has 0 aromatic carbocycles. The highest BCUT2D eigenvalue weighted by Gasteiger charge is 2.21. The van der Waals surface area contributed by atoms with Crippen LogP contribution in [0.2, 0.25) is 0 Å². The van der Waals surface area contributed by atoms with Crippen LogP contribution >= 0.6 is 0 Å². The Morgan fingerprint density at radius 2 is 2.28 bits per heavy atom. The highest BCUT2D eigenvalue weighted by atomic mass is 16.4. The maximum absolute atomic E-state index is 10.9. The summed E-state index contributed by atoms with van der Waals surface area (Å²) < 4.78 is 0. The Hall–Kier alpha value is -1.58. The Kier molecular flexibility index (Phi) is 3.84. The molecule has 0 radical (unpaired) electrons. The minimum Gasteiger partial charge on any atom is -0.478 e. The van der Waals surface area contributed by atoms with Crippen molar-refractivity contribution >= 4 is 11.8 Å². The lowest BCUT2D eigenvalue weighted by Gasteiger charge is -2.33. The summed E-state index contributed by atoms with van der Waals surface area (Å²) in [6.07, 6.45) is 5.41. The highest BCUT2D eigenvalue weighted by Crippen LogP contribution is 2.29. The maximum atomic E-state index is 10.9. The van der Waals surface area contributed by atoms with Gasteiger partial charge in [-0.15, -0.1) is 0 Å². The molecular formula is C14H20N2O2. The minimum absolute atomic E-state index is 0.260. The second-order valence-corrected chi connectivity index (χ2v) is 5.01. The standard InChI is InChI=1S/C14H20N2O2/c1-3-16(9-11-5-4-6-11)13-10(2)7-12(8-15-13)14(17)18/h7-8,11H,3-6,9H2,1-2H3,(H,17,18). The fourth-order valence-electron chi connectivity index (χ4n) is 2.37. The molecule has 1 aliphatic carbocycles. The first kappa shape index (κ1) is 12.9. The van der Waals surface area contributed by atoms with E-state index in [4.69, 9.17) is 5.11 Å². The second-order valence-electron chi connectivity index (χ2n) is 5.01. The van der Waals surface area contributed by atoms with E-state index in [0.29, 0.717) is 0 Å². The Balaban J connectivity index is 2.16. The van der Waals surface area contributed by atoms with Crippen LogP contribution in [0.3, 0.4) is 0 Å². The zero-order valence-corrected chi connectivity index (χ0v) is 11.0. The van der Waals surface area contributed by atoms with E-state index < -0.39 is 5.97 Å². The quantitative estimate of drug-likeness (QED) is 0.870. The number of pyridine rings is 1. The first-order chi connectivity index (χ1) is 8.61. The van der Waals surface area contributed by atoms with Crippen LogP contribution in [0, 0.1) is 12.8 Å². The Morgan fingerprint density at radius 1 is 1.56 bits per heavy atom. The number of rotatable bonds is 5. The molecule has 4 nitrogen and oxygen atoms in total. The van der Waals surface area contributed by atoms with Crippen molar-refractivity contribution in [3.63, 3.8) is 0 Å². The van der Waals surface area contributed by atoms with Gasteiger partial charge in [0.05, 0.1) is 5.56 Å². The number of carboxylic acids is 1. The summed E-state index contributed by atoms with van der Waals surface area (Å²) in [5.41, 5.74) is 1.20. The molecule has 1 aliphatic rings. The topological polar surface area (TPSA) is 53.4 Å². The summed E-state index contributed by atoms with van der Waals surface area (Å²) in [6, 6.07) is 1.70. The van der Waals surface area contributed by atoms with Crippen LogP contribution in [0.25, 0.3) is 0 Å². The van der Waals surface area contributed by atoms with Gasteiger partial charge in [-0.05, 0) is 44.2 Å². The largest absolute Gasteiger partial charge is 0.478 e. The molecule has 0 bridgehead atoms. The first-order valence-corrected chi connectivity index (χ1v) is 6.56. The molecule has 1 aromatic heterocycles. The number of aryl methyl sites for hydroxylation is 1. The number of hydrogen-bond acceptors (Lipinski definition) is 3. The Bertz CT molecular complexity index is 441. The van der Waals surface area contributed by atoms with Gasteiger partial charge in [-0.3, -0.25) is 0 Å². The van der Waals surface area contributed by atoms with Crippen molar-refractivity contribution in [2.45, 2.75) is 33.1 Å². The van der Waals surface area contributed by atoms with Crippen molar-refractivity contribution in [3.05, 3.63) is 23.4 Å². The lowest BCUT2D eigenvalue weighted by Crippen LogP contribution is -2.33. The average molecular weight is 248 g/mol. The van der Waals surface area contributed by atoms with Gasteiger partial charge in [0.1, 0.15) is 5.82 Å². The van der Waals surface area contributed by atoms with Crippen molar-refractivity contribution in [3.8, 4) is 0 Å². The molecule has 98 valence electrons. The molecule has 1 N–H and O–H groups in total. The molecule has 0 amide bonds. The summed E-state index contributed by atoms with van der Waals surface area (Å²) in [5, 5.41) is 8.93. The molecule has 0 unspecified atom stereocenters.